The topological polar surface area (TPSA) is 86.3 Å². The second-order valence-corrected chi connectivity index (χ2v) is 9.56. The monoisotopic (exact) mass is 467 g/mol. The van der Waals surface area contributed by atoms with Crippen molar-refractivity contribution in [1.82, 2.24) is 19.4 Å². The Morgan fingerprint density at radius 2 is 1.94 bits per heavy atom. The zero-order valence-electron chi connectivity index (χ0n) is 19.9. The largest absolute Gasteiger partial charge is 0.485 e. The molecule has 1 amide bonds. The number of carbonyl (C=O) groups is 1. The zero-order valence-corrected chi connectivity index (χ0v) is 19.9. The molecule has 2 aromatic heterocycles. The molecule has 0 atom stereocenters. The summed E-state index contributed by atoms with van der Waals surface area (Å²) in [7, 11) is 0. The number of pyridine rings is 1. The van der Waals surface area contributed by atoms with Crippen LogP contribution in [0.2, 0.25) is 0 Å². The molecule has 2 aliphatic rings. The number of piperidine rings is 1. The minimum Gasteiger partial charge on any atom is -0.485 e. The number of likely N-dealkylation sites (tertiary alicyclic amines) is 1. The van der Waals surface area contributed by atoms with E-state index in [0.717, 1.165) is 61.5 Å². The van der Waals surface area contributed by atoms with Crippen molar-refractivity contribution in [2.45, 2.75) is 38.7 Å². The van der Waals surface area contributed by atoms with Gasteiger partial charge in [-0.05, 0) is 74.5 Å². The third-order valence-corrected chi connectivity index (χ3v) is 7.42. The Kier molecular flexibility index (Phi) is 5.49. The van der Waals surface area contributed by atoms with Gasteiger partial charge in [0.1, 0.15) is 18.7 Å². The lowest BCUT2D eigenvalue weighted by molar-refractivity contribution is 0.0993. The molecule has 35 heavy (non-hydrogen) atoms. The van der Waals surface area contributed by atoms with Crippen LogP contribution in [0.1, 0.15) is 51.8 Å². The van der Waals surface area contributed by atoms with Crippen LogP contribution >= 0.6 is 0 Å². The van der Waals surface area contributed by atoms with E-state index in [4.69, 9.17) is 15.5 Å². The van der Waals surface area contributed by atoms with Gasteiger partial charge in [0.05, 0.1) is 16.9 Å². The molecule has 1 fully saturated rings. The molecule has 7 nitrogen and oxygen atoms in total. The van der Waals surface area contributed by atoms with Gasteiger partial charge < -0.3 is 15.4 Å². The standard InChI is InChI=1S/C28H29N5O2/c1-18-8-9-22-21(5-3-6-23(22)31-18)19-10-13-32(14-11-19)15-12-20-4-2-7-24-27(20)35-16-25-26(28(29)34)30-17-33(24)25/h2-9,17,19H,10-16H2,1H3,(H2,29,34). The Morgan fingerprint density at radius 3 is 2.77 bits per heavy atom. The molecule has 0 saturated carbocycles. The number of primary amides is 1. The van der Waals surface area contributed by atoms with E-state index in [1.54, 1.807) is 6.33 Å². The average Bonchev–Trinajstić information content (AvgIpc) is 3.32. The van der Waals surface area contributed by atoms with Crippen LogP contribution in [0.4, 0.5) is 0 Å². The number of aryl methyl sites for hydroxylation is 1. The molecule has 0 spiro atoms. The maximum atomic E-state index is 11.7. The van der Waals surface area contributed by atoms with Gasteiger partial charge in [0, 0.05) is 17.6 Å². The van der Waals surface area contributed by atoms with Crippen LogP contribution < -0.4 is 10.5 Å². The number of imidazole rings is 1. The molecule has 2 aliphatic heterocycles. The first-order valence-electron chi connectivity index (χ1n) is 12.3. The Morgan fingerprint density at radius 1 is 1.11 bits per heavy atom. The smallest absolute Gasteiger partial charge is 0.269 e. The Hall–Kier alpha value is -3.71. The van der Waals surface area contributed by atoms with E-state index in [1.165, 1.54) is 16.5 Å². The summed E-state index contributed by atoms with van der Waals surface area (Å²) in [6, 6.07) is 17.1. The van der Waals surface area contributed by atoms with Gasteiger partial charge in [-0.1, -0.05) is 30.3 Å². The zero-order chi connectivity index (χ0) is 23.9. The number of hydrogen-bond donors (Lipinski definition) is 1. The van der Waals surface area contributed by atoms with Crippen LogP contribution in [-0.2, 0) is 13.0 Å². The quantitative estimate of drug-likeness (QED) is 0.477. The van der Waals surface area contributed by atoms with E-state index >= 15 is 0 Å². The minimum absolute atomic E-state index is 0.279. The fourth-order valence-electron chi connectivity index (χ4n) is 5.57. The lowest BCUT2D eigenvalue weighted by Crippen LogP contribution is -2.34. The van der Waals surface area contributed by atoms with Crippen molar-refractivity contribution in [3.05, 3.63) is 83.1 Å². The maximum Gasteiger partial charge on any atom is 0.269 e. The van der Waals surface area contributed by atoms with Crippen molar-refractivity contribution in [2.24, 2.45) is 5.73 Å². The summed E-state index contributed by atoms with van der Waals surface area (Å²) < 4.78 is 8.03. The third-order valence-electron chi connectivity index (χ3n) is 7.42. The van der Waals surface area contributed by atoms with Crippen molar-refractivity contribution < 1.29 is 9.53 Å². The number of rotatable bonds is 5. The van der Waals surface area contributed by atoms with Crippen LogP contribution in [0.15, 0.2) is 54.9 Å². The van der Waals surface area contributed by atoms with Gasteiger partial charge in [0.15, 0.2) is 5.69 Å². The number of para-hydroxylation sites is 1. The van der Waals surface area contributed by atoms with Gasteiger partial charge in [0.2, 0.25) is 0 Å². The molecule has 0 aliphatic carbocycles. The summed E-state index contributed by atoms with van der Waals surface area (Å²) in [4.78, 5) is 23.1. The summed E-state index contributed by atoms with van der Waals surface area (Å²) >= 11 is 0. The highest BCUT2D eigenvalue weighted by molar-refractivity contribution is 5.92. The van der Waals surface area contributed by atoms with Crippen molar-refractivity contribution in [1.29, 1.82) is 0 Å². The fourth-order valence-corrected chi connectivity index (χ4v) is 5.57. The van der Waals surface area contributed by atoms with Gasteiger partial charge in [-0.15, -0.1) is 0 Å². The van der Waals surface area contributed by atoms with Crippen LogP contribution in [0.3, 0.4) is 0 Å². The van der Waals surface area contributed by atoms with E-state index in [2.05, 4.69) is 46.3 Å². The van der Waals surface area contributed by atoms with Crippen LogP contribution in [0.5, 0.6) is 5.75 Å². The van der Waals surface area contributed by atoms with Crippen LogP contribution in [0, 0.1) is 6.92 Å². The molecule has 2 N–H and O–H groups in total. The average molecular weight is 468 g/mol. The number of carbonyl (C=O) groups excluding carboxylic acids is 1. The van der Waals surface area contributed by atoms with Gasteiger partial charge in [-0.3, -0.25) is 14.3 Å². The van der Waals surface area contributed by atoms with Crippen molar-refractivity contribution >= 4 is 16.8 Å². The molecule has 4 heterocycles. The third kappa shape index (κ3) is 3.96. The molecule has 178 valence electrons. The minimum atomic E-state index is -0.528. The van der Waals surface area contributed by atoms with Crippen LogP contribution in [0.25, 0.3) is 16.6 Å². The lowest BCUT2D eigenvalue weighted by atomic mass is 9.87. The van der Waals surface area contributed by atoms with Gasteiger partial charge in [0.25, 0.3) is 5.91 Å². The number of aromatic nitrogens is 3. The van der Waals surface area contributed by atoms with E-state index < -0.39 is 5.91 Å². The molecular formula is C28H29N5O2. The molecule has 0 bridgehead atoms. The lowest BCUT2D eigenvalue weighted by Gasteiger charge is -2.33. The number of nitrogens with two attached hydrogens (primary N) is 1. The van der Waals surface area contributed by atoms with Gasteiger partial charge in [-0.25, -0.2) is 4.98 Å². The second kappa shape index (κ2) is 8.82. The second-order valence-electron chi connectivity index (χ2n) is 9.56. The molecule has 1 saturated heterocycles. The van der Waals surface area contributed by atoms with E-state index in [0.29, 0.717) is 18.2 Å². The van der Waals surface area contributed by atoms with Crippen LogP contribution in [-0.4, -0.2) is 45.0 Å². The van der Waals surface area contributed by atoms with Gasteiger partial charge >= 0.3 is 0 Å². The number of nitrogens with zero attached hydrogens (tertiary/aromatic N) is 4. The molecule has 4 aromatic rings. The Labute approximate surface area is 204 Å². The summed E-state index contributed by atoms with van der Waals surface area (Å²) in [6.07, 6.45) is 4.89. The molecule has 0 radical (unpaired) electrons. The molecule has 7 heteroatoms. The number of amides is 1. The Balaban J connectivity index is 1.13. The van der Waals surface area contributed by atoms with Crippen molar-refractivity contribution in [3.63, 3.8) is 0 Å². The highest BCUT2D eigenvalue weighted by Gasteiger charge is 2.26. The highest BCUT2D eigenvalue weighted by atomic mass is 16.5. The number of benzene rings is 2. The highest BCUT2D eigenvalue weighted by Crippen LogP contribution is 2.36. The predicted molar refractivity (Wildman–Crippen MR) is 135 cm³/mol. The summed E-state index contributed by atoms with van der Waals surface area (Å²) in [5.41, 5.74) is 12.2. The number of ether oxygens (including phenoxy) is 1. The first-order valence-corrected chi connectivity index (χ1v) is 12.3. The maximum absolute atomic E-state index is 11.7. The van der Waals surface area contributed by atoms with Gasteiger partial charge in [-0.2, -0.15) is 0 Å². The van der Waals surface area contributed by atoms with E-state index in [9.17, 15) is 4.79 Å². The summed E-state index contributed by atoms with van der Waals surface area (Å²) in [5.74, 6) is 0.925. The first-order chi connectivity index (χ1) is 17.1. The van der Waals surface area contributed by atoms with E-state index in [1.807, 2.05) is 23.6 Å². The van der Waals surface area contributed by atoms with E-state index in [-0.39, 0.29) is 5.69 Å². The molecule has 0 unspecified atom stereocenters. The molecular weight excluding hydrogens is 438 g/mol. The number of fused-ring (bicyclic) bond motifs is 4. The normalized spacial score (nSPS) is 16.0. The summed E-state index contributed by atoms with van der Waals surface area (Å²) in [5, 5.41) is 1.29. The van der Waals surface area contributed by atoms with Crippen molar-refractivity contribution in [3.8, 4) is 11.4 Å². The summed E-state index contributed by atoms with van der Waals surface area (Å²) in [6.45, 7) is 5.51. The SMILES string of the molecule is Cc1ccc2c(C3CCN(CCc4cccc5c4OCc4c(C(N)=O)ncn4-5)CC3)cccc2n1. The number of hydrogen-bond acceptors (Lipinski definition) is 5. The first kappa shape index (κ1) is 21.8. The predicted octanol–water partition coefficient (Wildman–Crippen LogP) is 4.14. The molecule has 2 aromatic carbocycles. The fraction of sp³-hybridized carbons (Fsp3) is 0.321. The van der Waals surface area contributed by atoms with Crippen molar-refractivity contribution in [2.75, 3.05) is 19.6 Å². The Bertz CT molecular complexity index is 1420. The molecule has 6 rings (SSSR count).